The molecule has 7 nitrogen and oxygen atoms in total. The van der Waals surface area contributed by atoms with E-state index in [9.17, 15) is 0 Å². The molecule has 3 aliphatic rings. The molecule has 0 N–H and O–H groups in total. The molecule has 0 bridgehead atoms. The highest BCUT2D eigenvalue weighted by atomic mass is 16.5. The second-order valence-electron chi connectivity index (χ2n) is 7.06. The van der Waals surface area contributed by atoms with E-state index < -0.39 is 0 Å². The number of rotatable bonds is 3. The predicted molar refractivity (Wildman–Crippen MR) is 82.7 cm³/mol. The van der Waals surface area contributed by atoms with Gasteiger partial charge in [0.2, 0.25) is 0 Å². The van der Waals surface area contributed by atoms with Gasteiger partial charge in [0.15, 0.2) is 0 Å². The zero-order valence-corrected chi connectivity index (χ0v) is 13.4. The van der Waals surface area contributed by atoms with Crippen molar-refractivity contribution in [2.45, 2.75) is 50.5 Å². The lowest BCUT2D eigenvalue weighted by molar-refractivity contribution is -0.0670. The summed E-state index contributed by atoms with van der Waals surface area (Å²) in [6, 6.07) is 0.288. The summed E-state index contributed by atoms with van der Waals surface area (Å²) in [7, 11) is 2.07. The van der Waals surface area contributed by atoms with Crippen LogP contribution in [0.3, 0.4) is 0 Å². The molecule has 2 aliphatic heterocycles. The third-order valence-corrected chi connectivity index (χ3v) is 5.44. The van der Waals surface area contributed by atoms with Gasteiger partial charge in [-0.3, -0.25) is 9.58 Å². The van der Waals surface area contributed by atoms with Gasteiger partial charge in [-0.2, -0.15) is 5.10 Å². The van der Waals surface area contributed by atoms with Crippen molar-refractivity contribution in [2.24, 2.45) is 7.05 Å². The topological polar surface area (TPSA) is 61.0 Å². The highest BCUT2D eigenvalue weighted by molar-refractivity contribution is 5.25. The van der Waals surface area contributed by atoms with Gasteiger partial charge in [0.05, 0.1) is 36.8 Å². The Hall–Kier alpha value is -1.73. The van der Waals surface area contributed by atoms with Crippen LogP contribution in [-0.2, 0) is 24.9 Å². The van der Waals surface area contributed by atoms with Crippen LogP contribution >= 0.6 is 0 Å². The first-order valence-corrected chi connectivity index (χ1v) is 8.53. The molecule has 7 heteroatoms. The summed E-state index contributed by atoms with van der Waals surface area (Å²) >= 11 is 0. The van der Waals surface area contributed by atoms with Crippen molar-refractivity contribution in [3.63, 3.8) is 0 Å². The summed E-state index contributed by atoms with van der Waals surface area (Å²) in [5, 5.41) is 12.8. The Morgan fingerprint density at radius 1 is 1.26 bits per heavy atom. The molecule has 2 aromatic rings. The zero-order chi connectivity index (χ0) is 15.4. The number of likely N-dealkylation sites (tertiary alicyclic amines) is 1. The summed E-state index contributed by atoms with van der Waals surface area (Å²) in [6.07, 6.45) is 7.83. The molecule has 2 atom stereocenters. The maximum absolute atomic E-state index is 6.00. The van der Waals surface area contributed by atoms with Crippen molar-refractivity contribution in [1.29, 1.82) is 0 Å². The maximum Gasteiger partial charge on any atom is 0.0930 e. The molecule has 1 saturated heterocycles. The fourth-order valence-electron chi connectivity index (χ4n) is 4.13. The van der Waals surface area contributed by atoms with Gasteiger partial charge in [-0.1, -0.05) is 5.21 Å². The number of piperidine rings is 1. The van der Waals surface area contributed by atoms with Crippen molar-refractivity contribution in [1.82, 2.24) is 29.7 Å². The van der Waals surface area contributed by atoms with Gasteiger partial charge >= 0.3 is 0 Å². The molecule has 1 aliphatic carbocycles. The van der Waals surface area contributed by atoms with Crippen molar-refractivity contribution in [3.05, 3.63) is 29.3 Å². The summed E-state index contributed by atoms with van der Waals surface area (Å²) in [4.78, 5) is 2.52. The average molecular weight is 314 g/mol. The summed E-state index contributed by atoms with van der Waals surface area (Å²) in [5.74, 6) is 0.731. The van der Waals surface area contributed by atoms with Crippen LogP contribution in [0.1, 0.15) is 48.2 Å². The van der Waals surface area contributed by atoms with Crippen LogP contribution in [0.4, 0.5) is 0 Å². The van der Waals surface area contributed by atoms with Gasteiger partial charge < -0.3 is 4.74 Å². The van der Waals surface area contributed by atoms with E-state index in [4.69, 9.17) is 4.74 Å². The van der Waals surface area contributed by atoms with E-state index in [1.54, 1.807) is 0 Å². The molecule has 0 spiro atoms. The van der Waals surface area contributed by atoms with Crippen LogP contribution in [0.2, 0.25) is 0 Å². The van der Waals surface area contributed by atoms with E-state index >= 15 is 0 Å². The van der Waals surface area contributed by atoms with E-state index in [1.165, 1.54) is 24.1 Å². The number of ether oxygens (including phenoxy) is 1. The Bertz CT molecular complexity index is 718. The first kappa shape index (κ1) is 13.7. The molecule has 0 amide bonds. The second-order valence-corrected chi connectivity index (χ2v) is 7.06. The van der Waals surface area contributed by atoms with Crippen molar-refractivity contribution < 1.29 is 4.74 Å². The summed E-state index contributed by atoms with van der Waals surface area (Å²) < 4.78 is 10.1. The molecule has 0 radical (unpaired) electrons. The Balaban J connectivity index is 1.36. The molecular formula is C16H22N6O. The molecule has 0 unspecified atom stereocenters. The quantitative estimate of drug-likeness (QED) is 0.853. The predicted octanol–water partition coefficient (Wildman–Crippen LogP) is 1.23. The Kier molecular flexibility index (Phi) is 3.06. The number of hydrogen-bond acceptors (Lipinski definition) is 5. The Labute approximate surface area is 135 Å². The monoisotopic (exact) mass is 314 g/mol. The van der Waals surface area contributed by atoms with Crippen LogP contribution in [0, 0.1) is 0 Å². The minimum atomic E-state index is 0.275. The van der Waals surface area contributed by atoms with Gasteiger partial charge in [0.1, 0.15) is 0 Å². The largest absolute Gasteiger partial charge is 0.370 e. The molecule has 5 rings (SSSR count). The molecule has 0 aromatic carbocycles. The average Bonchev–Trinajstić information content (AvgIpc) is 3.15. The lowest BCUT2D eigenvalue weighted by atomic mass is 9.99. The minimum Gasteiger partial charge on any atom is -0.370 e. The molecule has 2 fully saturated rings. The Morgan fingerprint density at radius 2 is 2.17 bits per heavy atom. The van der Waals surface area contributed by atoms with E-state index in [0.717, 1.165) is 37.7 Å². The third kappa shape index (κ3) is 2.30. The smallest absolute Gasteiger partial charge is 0.0930 e. The fourth-order valence-corrected chi connectivity index (χ4v) is 4.13. The highest BCUT2D eigenvalue weighted by Crippen LogP contribution is 2.42. The normalized spacial score (nSPS) is 27.7. The van der Waals surface area contributed by atoms with E-state index in [0.29, 0.717) is 6.61 Å². The number of aromatic nitrogens is 5. The first-order valence-electron chi connectivity index (χ1n) is 8.53. The number of hydrogen-bond donors (Lipinski definition) is 0. The molecule has 2 aromatic heterocycles. The van der Waals surface area contributed by atoms with Gasteiger partial charge in [-0.15, -0.1) is 5.10 Å². The molecule has 4 heterocycles. The van der Waals surface area contributed by atoms with Crippen LogP contribution in [-0.4, -0.2) is 48.9 Å². The number of fused-ring (bicyclic) bond motifs is 3. The Morgan fingerprint density at radius 3 is 3.04 bits per heavy atom. The number of aryl methyl sites for hydroxylation is 1. The van der Waals surface area contributed by atoms with Crippen LogP contribution < -0.4 is 0 Å². The van der Waals surface area contributed by atoms with Gasteiger partial charge in [0, 0.05) is 43.9 Å². The van der Waals surface area contributed by atoms with E-state index in [2.05, 4.69) is 42.9 Å². The molecule has 1 saturated carbocycles. The van der Waals surface area contributed by atoms with Gasteiger partial charge in [0.25, 0.3) is 0 Å². The van der Waals surface area contributed by atoms with E-state index in [-0.39, 0.29) is 12.1 Å². The number of nitrogens with zero attached hydrogens (tertiary/aromatic N) is 6. The van der Waals surface area contributed by atoms with Gasteiger partial charge in [-0.05, 0) is 19.3 Å². The SMILES string of the molecule is Cn1ncc(CN2CC[C@@H]3OCc4cnnn4[C@H]3C2)c1C1CC1. The van der Waals surface area contributed by atoms with Crippen LogP contribution in [0.15, 0.2) is 12.4 Å². The van der Waals surface area contributed by atoms with Crippen LogP contribution in [0.5, 0.6) is 0 Å². The van der Waals surface area contributed by atoms with Gasteiger partial charge in [-0.25, -0.2) is 4.68 Å². The fraction of sp³-hybridized carbons (Fsp3) is 0.688. The lowest BCUT2D eigenvalue weighted by Gasteiger charge is -2.41. The van der Waals surface area contributed by atoms with E-state index in [1.807, 2.05) is 6.20 Å². The molecule has 122 valence electrons. The third-order valence-electron chi connectivity index (χ3n) is 5.44. The lowest BCUT2D eigenvalue weighted by Crippen LogP contribution is -2.47. The van der Waals surface area contributed by atoms with Crippen molar-refractivity contribution in [3.8, 4) is 0 Å². The minimum absolute atomic E-state index is 0.275. The summed E-state index contributed by atoms with van der Waals surface area (Å²) in [6.45, 7) is 3.67. The van der Waals surface area contributed by atoms with Crippen molar-refractivity contribution in [2.75, 3.05) is 13.1 Å². The molecular weight excluding hydrogens is 292 g/mol. The highest BCUT2D eigenvalue weighted by Gasteiger charge is 2.37. The summed E-state index contributed by atoms with van der Waals surface area (Å²) in [5.41, 5.74) is 3.92. The first-order chi connectivity index (χ1) is 11.3. The van der Waals surface area contributed by atoms with Crippen LogP contribution in [0.25, 0.3) is 0 Å². The molecule has 23 heavy (non-hydrogen) atoms. The maximum atomic E-state index is 6.00. The zero-order valence-electron chi connectivity index (χ0n) is 13.4. The van der Waals surface area contributed by atoms with Crippen molar-refractivity contribution >= 4 is 0 Å². The second kappa shape index (κ2) is 5.14. The standard InChI is InChI=1S/C16H22N6O/c1-20-16(11-2-3-11)12(6-18-20)8-21-5-4-15-14(9-21)22-13(10-23-15)7-17-19-22/h6-7,11,14-15H,2-5,8-10H2,1H3/t14-,15-/m0/s1.